The number of nitrogens with one attached hydrogen (secondary N) is 2. The molecule has 1 heterocycles. The zero-order chi connectivity index (χ0) is 18.7. The van der Waals surface area contributed by atoms with E-state index in [-0.39, 0.29) is 17.4 Å². The molecule has 5 nitrogen and oxygen atoms in total. The Morgan fingerprint density at radius 3 is 2.42 bits per heavy atom. The number of nitrogens with zero attached hydrogens (tertiary/aromatic N) is 1. The standard InChI is InChI=1S/C17H14F3N3O2S/c18-17(19,20)26-16-13(5-2-8-21-16)15(25)23-12-4-1-3-11(9-12)22-14(24)10-6-7-10/h1-5,8-10H,6-7H2,(H,22,24)(H,23,25). The third kappa shape index (κ3) is 4.98. The number of amides is 2. The van der Waals surface area contributed by atoms with E-state index in [0.717, 1.165) is 12.8 Å². The smallest absolute Gasteiger partial charge is 0.326 e. The number of hydrogen-bond donors (Lipinski definition) is 2. The Bertz CT molecular complexity index is 838. The number of halogens is 3. The van der Waals surface area contributed by atoms with Crippen LogP contribution >= 0.6 is 11.8 Å². The summed E-state index contributed by atoms with van der Waals surface area (Å²) in [5.74, 6) is -0.759. The molecule has 2 aromatic rings. The lowest BCUT2D eigenvalue weighted by molar-refractivity contribution is -0.117. The van der Waals surface area contributed by atoms with Crippen molar-refractivity contribution in [3.8, 4) is 0 Å². The van der Waals surface area contributed by atoms with Crippen LogP contribution in [-0.4, -0.2) is 22.3 Å². The van der Waals surface area contributed by atoms with E-state index >= 15 is 0 Å². The molecular formula is C17H14F3N3O2S. The monoisotopic (exact) mass is 381 g/mol. The molecular weight excluding hydrogens is 367 g/mol. The molecule has 1 aromatic carbocycles. The van der Waals surface area contributed by atoms with Crippen LogP contribution in [0.1, 0.15) is 23.2 Å². The van der Waals surface area contributed by atoms with Crippen molar-refractivity contribution in [3.05, 3.63) is 48.2 Å². The highest BCUT2D eigenvalue weighted by Gasteiger charge is 2.32. The van der Waals surface area contributed by atoms with Crippen LogP contribution in [0, 0.1) is 5.92 Å². The second kappa shape index (κ2) is 7.36. The van der Waals surface area contributed by atoms with Gasteiger partial charge in [-0.3, -0.25) is 9.59 Å². The molecule has 26 heavy (non-hydrogen) atoms. The van der Waals surface area contributed by atoms with Crippen molar-refractivity contribution in [1.82, 2.24) is 4.98 Å². The van der Waals surface area contributed by atoms with Crippen LogP contribution < -0.4 is 10.6 Å². The molecule has 9 heteroatoms. The number of benzene rings is 1. The Kier molecular flexibility index (Phi) is 5.17. The Morgan fingerprint density at radius 1 is 1.08 bits per heavy atom. The molecule has 0 radical (unpaired) electrons. The Morgan fingerprint density at radius 2 is 1.77 bits per heavy atom. The number of carbonyl (C=O) groups excluding carboxylic acids is 2. The van der Waals surface area contributed by atoms with Crippen molar-refractivity contribution in [2.45, 2.75) is 23.4 Å². The SMILES string of the molecule is O=C(Nc1cccc(NC(=O)C2CC2)c1)c1cccnc1SC(F)(F)F. The quantitative estimate of drug-likeness (QED) is 0.758. The van der Waals surface area contributed by atoms with Crippen LogP contribution in [0.25, 0.3) is 0 Å². The van der Waals surface area contributed by atoms with E-state index in [9.17, 15) is 22.8 Å². The van der Waals surface area contributed by atoms with Gasteiger partial charge in [0.1, 0.15) is 5.03 Å². The van der Waals surface area contributed by atoms with Crippen LogP contribution in [0.5, 0.6) is 0 Å². The highest BCUT2D eigenvalue weighted by atomic mass is 32.2. The van der Waals surface area contributed by atoms with Crippen molar-refractivity contribution in [2.75, 3.05) is 10.6 Å². The maximum atomic E-state index is 12.6. The van der Waals surface area contributed by atoms with Crippen molar-refractivity contribution in [1.29, 1.82) is 0 Å². The summed E-state index contributed by atoms with van der Waals surface area (Å²) in [5.41, 5.74) is -3.86. The van der Waals surface area contributed by atoms with Gasteiger partial charge in [-0.15, -0.1) is 0 Å². The topological polar surface area (TPSA) is 71.1 Å². The zero-order valence-corrected chi connectivity index (χ0v) is 14.2. The summed E-state index contributed by atoms with van der Waals surface area (Å²) < 4.78 is 37.8. The number of pyridine rings is 1. The van der Waals surface area contributed by atoms with Crippen molar-refractivity contribution < 1.29 is 22.8 Å². The number of carbonyl (C=O) groups is 2. The normalized spacial score (nSPS) is 14.0. The van der Waals surface area contributed by atoms with E-state index in [1.54, 1.807) is 24.3 Å². The summed E-state index contributed by atoms with van der Waals surface area (Å²) in [6.07, 6.45) is 2.92. The van der Waals surface area contributed by atoms with E-state index in [4.69, 9.17) is 0 Å². The number of thioether (sulfide) groups is 1. The molecule has 0 spiro atoms. The molecule has 1 aliphatic rings. The zero-order valence-electron chi connectivity index (χ0n) is 13.3. The number of alkyl halides is 3. The van der Waals surface area contributed by atoms with E-state index in [2.05, 4.69) is 15.6 Å². The van der Waals surface area contributed by atoms with Gasteiger partial charge in [0.2, 0.25) is 5.91 Å². The molecule has 3 rings (SSSR count). The van der Waals surface area contributed by atoms with E-state index in [1.165, 1.54) is 18.3 Å². The molecule has 1 fully saturated rings. The van der Waals surface area contributed by atoms with Crippen molar-refractivity contribution in [3.63, 3.8) is 0 Å². The largest absolute Gasteiger partial charge is 0.447 e. The van der Waals surface area contributed by atoms with Crippen LogP contribution in [0.15, 0.2) is 47.6 Å². The molecule has 2 amide bonds. The molecule has 1 saturated carbocycles. The van der Waals surface area contributed by atoms with Gasteiger partial charge >= 0.3 is 5.51 Å². The highest BCUT2D eigenvalue weighted by molar-refractivity contribution is 8.00. The fourth-order valence-corrected chi connectivity index (χ4v) is 2.82. The maximum Gasteiger partial charge on any atom is 0.447 e. The van der Waals surface area contributed by atoms with Gasteiger partial charge < -0.3 is 10.6 Å². The van der Waals surface area contributed by atoms with Crippen LogP contribution in [0.3, 0.4) is 0 Å². The number of aromatic nitrogens is 1. The minimum atomic E-state index is -4.55. The lowest BCUT2D eigenvalue weighted by Gasteiger charge is -2.11. The number of anilines is 2. The van der Waals surface area contributed by atoms with E-state index in [0.29, 0.717) is 11.4 Å². The van der Waals surface area contributed by atoms with Gasteiger partial charge in [0, 0.05) is 35.3 Å². The molecule has 0 aliphatic heterocycles. The molecule has 0 unspecified atom stereocenters. The molecule has 0 saturated heterocycles. The minimum absolute atomic E-state index is 0.0330. The summed E-state index contributed by atoms with van der Waals surface area (Å²) >= 11 is -0.441. The second-order valence-corrected chi connectivity index (χ2v) is 6.76. The van der Waals surface area contributed by atoms with Gasteiger partial charge in [0.05, 0.1) is 5.56 Å². The molecule has 2 N–H and O–H groups in total. The van der Waals surface area contributed by atoms with Crippen LogP contribution in [0.4, 0.5) is 24.5 Å². The highest BCUT2D eigenvalue weighted by Crippen LogP contribution is 2.37. The van der Waals surface area contributed by atoms with Crippen molar-refractivity contribution >= 4 is 35.0 Å². The first-order valence-electron chi connectivity index (χ1n) is 7.75. The first-order valence-corrected chi connectivity index (χ1v) is 8.56. The van der Waals surface area contributed by atoms with Crippen LogP contribution in [0.2, 0.25) is 0 Å². The first-order chi connectivity index (χ1) is 12.3. The predicted molar refractivity (Wildman–Crippen MR) is 91.9 cm³/mol. The van der Waals surface area contributed by atoms with Gasteiger partial charge in [-0.25, -0.2) is 4.98 Å². The van der Waals surface area contributed by atoms with E-state index < -0.39 is 28.2 Å². The average molecular weight is 381 g/mol. The Hall–Kier alpha value is -2.55. The Labute approximate surface area is 151 Å². The molecule has 1 aliphatic carbocycles. The van der Waals surface area contributed by atoms with Crippen molar-refractivity contribution in [2.24, 2.45) is 5.92 Å². The summed E-state index contributed by atoms with van der Waals surface area (Å²) in [4.78, 5) is 27.8. The minimum Gasteiger partial charge on any atom is -0.326 e. The van der Waals surface area contributed by atoms with E-state index in [1.807, 2.05) is 0 Å². The fourth-order valence-electron chi connectivity index (χ4n) is 2.22. The van der Waals surface area contributed by atoms with Gasteiger partial charge in [0.25, 0.3) is 5.91 Å². The second-order valence-electron chi connectivity index (χ2n) is 5.70. The van der Waals surface area contributed by atoms with Crippen LogP contribution in [-0.2, 0) is 4.79 Å². The predicted octanol–water partition coefficient (Wildman–Crippen LogP) is 4.29. The maximum absolute atomic E-state index is 12.6. The Balaban J connectivity index is 1.73. The average Bonchev–Trinajstić information content (AvgIpc) is 3.39. The van der Waals surface area contributed by atoms with Gasteiger partial charge in [0.15, 0.2) is 0 Å². The van der Waals surface area contributed by atoms with Gasteiger partial charge in [-0.05, 0) is 43.2 Å². The lowest BCUT2D eigenvalue weighted by atomic mass is 10.2. The molecule has 1 aromatic heterocycles. The molecule has 136 valence electrons. The summed E-state index contributed by atoms with van der Waals surface area (Å²) in [6.45, 7) is 0. The third-order valence-corrected chi connectivity index (χ3v) is 4.31. The third-order valence-electron chi connectivity index (χ3n) is 3.56. The number of hydrogen-bond acceptors (Lipinski definition) is 4. The summed E-state index contributed by atoms with van der Waals surface area (Å²) in [7, 11) is 0. The molecule has 0 atom stereocenters. The van der Waals surface area contributed by atoms with Gasteiger partial charge in [-0.1, -0.05) is 6.07 Å². The summed E-state index contributed by atoms with van der Waals surface area (Å²) in [5, 5.41) is 4.86. The first kappa shape index (κ1) is 18.2. The molecule has 0 bridgehead atoms. The lowest BCUT2D eigenvalue weighted by Crippen LogP contribution is -2.16. The summed E-state index contributed by atoms with van der Waals surface area (Å²) in [6, 6.07) is 9.09. The fraction of sp³-hybridized carbons (Fsp3) is 0.235. The van der Waals surface area contributed by atoms with Gasteiger partial charge in [-0.2, -0.15) is 13.2 Å². The number of rotatable bonds is 5.